The van der Waals surface area contributed by atoms with Crippen molar-refractivity contribution in [2.45, 2.75) is 57.0 Å². The predicted octanol–water partition coefficient (Wildman–Crippen LogP) is 1.43. The molecule has 2 N–H and O–H groups in total. The standard InChI is InChI=1S/C13H22N2O/c16-13(10-2-1-3-10)14-8-9-6-11-4-5-12(7-9)15-11/h9-12,15H,1-8H2,(H,14,16). The zero-order chi connectivity index (χ0) is 11.0. The van der Waals surface area contributed by atoms with Crippen molar-refractivity contribution < 1.29 is 4.79 Å². The molecule has 1 aliphatic carbocycles. The van der Waals surface area contributed by atoms with Gasteiger partial charge in [0.2, 0.25) is 5.91 Å². The lowest BCUT2D eigenvalue weighted by Crippen LogP contribution is -2.43. The van der Waals surface area contributed by atoms with Crippen molar-refractivity contribution in [3.05, 3.63) is 0 Å². The van der Waals surface area contributed by atoms with Crippen molar-refractivity contribution >= 4 is 5.91 Å². The molecule has 0 aromatic heterocycles. The van der Waals surface area contributed by atoms with Crippen molar-refractivity contribution in [2.24, 2.45) is 11.8 Å². The molecule has 3 heteroatoms. The maximum absolute atomic E-state index is 11.7. The monoisotopic (exact) mass is 222 g/mol. The molecule has 0 spiro atoms. The fraction of sp³-hybridized carbons (Fsp3) is 0.923. The maximum atomic E-state index is 11.7. The number of rotatable bonds is 3. The molecule has 3 aliphatic rings. The maximum Gasteiger partial charge on any atom is 0.223 e. The van der Waals surface area contributed by atoms with Gasteiger partial charge in [0.1, 0.15) is 0 Å². The fourth-order valence-corrected chi connectivity index (χ4v) is 3.40. The molecular weight excluding hydrogens is 200 g/mol. The molecule has 3 fully saturated rings. The third-order valence-corrected chi connectivity index (χ3v) is 4.61. The first-order chi connectivity index (χ1) is 7.81. The Bertz CT molecular complexity index is 263. The van der Waals surface area contributed by atoms with Crippen molar-refractivity contribution in [3.63, 3.8) is 0 Å². The lowest BCUT2D eigenvalue weighted by atomic mass is 9.84. The fourth-order valence-electron chi connectivity index (χ4n) is 3.40. The highest BCUT2D eigenvalue weighted by atomic mass is 16.1. The first kappa shape index (κ1) is 10.6. The van der Waals surface area contributed by atoms with Gasteiger partial charge in [-0.1, -0.05) is 6.42 Å². The van der Waals surface area contributed by atoms with Gasteiger partial charge in [0.25, 0.3) is 0 Å². The summed E-state index contributed by atoms with van der Waals surface area (Å²) in [5, 5.41) is 6.80. The van der Waals surface area contributed by atoms with Crippen LogP contribution in [-0.2, 0) is 4.79 Å². The van der Waals surface area contributed by atoms with E-state index in [1.165, 1.54) is 32.1 Å². The first-order valence-electron chi connectivity index (χ1n) is 6.85. The minimum Gasteiger partial charge on any atom is -0.356 e. The zero-order valence-electron chi connectivity index (χ0n) is 9.87. The molecule has 2 unspecified atom stereocenters. The molecule has 3 rings (SSSR count). The van der Waals surface area contributed by atoms with E-state index >= 15 is 0 Å². The normalized spacial score (nSPS) is 38.1. The van der Waals surface area contributed by atoms with Gasteiger partial charge in [-0.15, -0.1) is 0 Å². The molecular formula is C13H22N2O. The SMILES string of the molecule is O=C(NCC1CC2CCC(C1)N2)C1CCC1. The Labute approximate surface area is 97.4 Å². The molecule has 3 nitrogen and oxygen atoms in total. The van der Waals surface area contributed by atoms with Gasteiger partial charge in [0, 0.05) is 24.5 Å². The number of carbonyl (C=O) groups is 1. The van der Waals surface area contributed by atoms with E-state index in [4.69, 9.17) is 0 Å². The smallest absolute Gasteiger partial charge is 0.223 e. The van der Waals surface area contributed by atoms with Gasteiger partial charge in [0.15, 0.2) is 0 Å². The van der Waals surface area contributed by atoms with Crippen LogP contribution in [0.25, 0.3) is 0 Å². The van der Waals surface area contributed by atoms with E-state index in [1.54, 1.807) is 0 Å². The number of fused-ring (bicyclic) bond motifs is 2. The molecule has 2 saturated heterocycles. The van der Waals surface area contributed by atoms with Crippen LogP contribution in [0.2, 0.25) is 0 Å². The van der Waals surface area contributed by atoms with E-state index in [-0.39, 0.29) is 0 Å². The van der Waals surface area contributed by atoms with Crippen molar-refractivity contribution in [3.8, 4) is 0 Å². The van der Waals surface area contributed by atoms with Crippen LogP contribution in [0.3, 0.4) is 0 Å². The van der Waals surface area contributed by atoms with E-state index in [0.717, 1.165) is 37.4 Å². The van der Waals surface area contributed by atoms with Gasteiger partial charge < -0.3 is 10.6 Å². The minimum absolute atomic E-state index is 0.317. The molecule has 1 amide bonds. The van der Waals surface area contributed by atoms with Crippen LogP contribution in [-0.4, -0.2) is 24.5 Å². The molecule has 0 aromatic rings. The average Bonchev–Trinajstić information content (AvgIpc) is 2.52. The third kappa shape index (κ3) is 2.10. The van der Waals surface area contributed by atoms with E-state index in [9.17, 15) is 4.79 Å². The molecule has 16 heavy (non-hydrogen) atoms. The lowest BCUT2D eigenvalue weighted by Gasteiger charge is -2.30. The van der Waals surface area contributed by atoms with Crippen molar-refractivity contribution in [1.29, 1.82) is 0 Å². The summed E-state index contributed by atoms with van der Waals surface area (Å²) in [7, 11) is 0. The Balaban J connectivity index is 1.43. The van der Waals surface area contributed by atoms with Crippen LogP contribution < -0.4 is 10.6 Å². The lowest BCUT2D eigenvalue weighted by molar-refractivity contribution is -0.127. The molecule has 90 valence electrons. The van der Waals surface area contributed by atoms with E-state index in [0.29, 0.717) is 11.8 Å². The number of carbonyl (C=O) groups excluding carboxylic acids is 1. The van der Waals surface area contributed by atoms with Gasteiger partial charge in [-0.05, 0) is 44.4 Å². The number of hydrogen-bond acceptors (Lipinski definition) is 2. The summed E-state index contributed by atoms with van der Waals surface area (Å²) < 4.78 is 0. The molecule has 2 atom stereocenters. The number of piperidine rings is 1. The second-order valence-electron chi connectivity index (χ2n) is 5.85. The molecule has 2 bridgehead atoms. The van der Waals surface area contributed by atoms with Crippen molar-refractivity contribution in [2.75, 3.05) is 6.54 Å². The van der Waals surface area contributed by atoms with E-state index in [1.807, 2.05) is 0 Å². The van der Waals surface area contributed by atoms with Crippen LogP contribution in [0.5, 0.6) is 0 Å². The van der Waals surface area contributed by atoms with Crippen LogP contribution in [0, 0.1) is 11.8 Å². The molecule has 2 heterocycles. The highest BCUT2D eigenvalue weighted by molar-refractivity contribution is 5.79. The summed E-state index contributed by atoms with van der Waals surface area (Å²) in [5.41, 5.74) is 0. The third-order valence-electron chi connectivity index (χ3n) is 4.61. The summed E-state index contributed by atoms with van der Waals surface area (Å²) in [4.78, 5) is 11.7. The summed E-state index contributed by atoms with van der Waals surface area (Å²) >= 11 is 0. The van der Waals surface area contributed by atoms with Crippen LogP contribution >= 0.6 is 0 Å². The minimum atomic E-state index is 0.317. The van der Waals surface area contributed by atoms with Crippen LogP contribution in [0.4, 0.5) is 0 Å². The summed E-state index contributed by atoms with van der Waals surface area (Å²) in [6.07, 6.45) is 8.70. The second-order valence-corrected chi connectivity index (χ2v) is 5.85. The average molecular weight is 222 g/mol. The van der Waals surface area contributed by atoms with E-state index in [2.05, 4.69) is 10.6 Å². The van der Waals surface area contributed by atoms with Crippen LogP contribution in [0.1, 0.15) is 44.9 Å². The Morgan fingerprint density at radius 2 is 1.81 bits per heavy atom. The molecule has 0 radical (unpaired) electrons. The topological polar surface area (TPSA) is 41.1 Å². The zero-order valence-corrected chi connectivity index (χ0v) is 9.87. The van der Waals surface area contributed by atoms with Gasteiger partial charge in [-0.2, -0.15) is 0 Å². The number of nitrogens with one attached hydrogen (secondary N) is 2. The highest BCUT2D eigenvalue weighted by Crippen LogP contribution is 2.31. The van der Waals surface area contributed by atoms with Crippen molar-refractivity contribution in [1.82, 2.24) is 10.6 Å². The molecule has 1 saturated carbocycles. The first-order valence-corrected chi connectivity index (χ1v) is 6.85. The Morgan fingerprint density at radius 1 is 1.12 bits per heavy atom. The number of amides is 1. The summed E-state index contributed by atoms with van der Waals surface area (Å²) in [6.45, 7) is 0.921. The van der Waals surface area contributed by atoms with Crippen LogP contribution in [0.15, 0.2) is 0 Å². The summed E-state index contributed by atoms with van der Waals surface area (Å²) in [5.74, 6) is 1.39. The Hall–Kier alpha value is -0.570. The van der Waals surface area contributed by atoms with Gasteiger partial charge in [-0.3, -0.25) is 4.79 Å². The van der Waals surface area contributed by atoms with Gasteiger partial charge in [0.05, 0.1) is 0 Å². The highest BCUT2D eigenvalue weighted by Gasteiger charge is 2.34. The molecule has 0 aromatic carbocycles. The second kappa shape index (κ2) is 4.36. The quantitative estimate of drug-likeness (QED) is 0.758. The Kier molecular flexibility index (Phi) is 2.88. The van der Waals surface area contributed by atoms with Gasteiger partial charge in [-0.25, -0.2) is 0 Å². The number of hydrogen-bond donors (Lipinski definition) is 2. The summed E-state index contributed by atoms with van der Waals surface area (Å²) in [6, 6.07) is 1.48. The Morgan fingerprint density at radius 3 is 2.38 bits per heavy atom. The van der Waals surface area contributed by atoms with E-state index < -0.39 is 0 Å². The predicted molar refractivity (Wildman–Crippen MR) is 63.0 cm³/mol. The largest absolute Gasteiger partial charge is 0.356 e. The van der Waals surface area contributed by atoms with Gasteiger partial charge >= 0.3 is 0 Å². The molecule has 2 aliphatic heterocycles.